The van der Waals surface area contributed by atoms with Crippen LogP contribution in [-0.4, -0.2) is 17.0 Å². The highest BCUT2D eigenvalue weighted by atomic mass is 16.4. The van der Waals surface area contributed by atoms with Gasteiger partial charge in [-0.15, -0.1) is 0 Å². The number of aliphatic carboxylic acids is 1. The lowest BCUT2D eigenvalue weighted by Gasteiger charge is -2.04. The van der Waals surface area contributed by atoms with Gasteiger partial charge in [0.15, 0.2) is 0 Å². The molecule has 0 saturated heterocycles. The second kappa shape index (κ2) is 7.87. The lowest BCUT2D eigenvalue weighted by Crippen LogP contribution is -2.08. The van der Waals surface area contributed by atoms with E-state index in [4.69, 9.17) is 5.11 Å². The fourth-order valence-electron chi connectivity index (χ4n) is 1.49. The third-order valence-corrected chi connectivity index (χ3v) is 2.37. The van der Waals surface area contributed by atoms with E-state index < -0.39 is 5.97 Å². The normalized spacial score (nSPS) is 11.0. The molecule has 0 aliphatic heterocycles. The molecule has 0 aromatic heterocycles. The van der Waals surface area contributed by atoms with Crippen molar-refractivity contribution in [1.82, 2.24) is 0 Å². The van der Waals surface area contributed by atoms with Gasteiger partial charge in [-0.25, -0.2) is 0 Å². The van der Waals surface area contributed by atoms with Crippen LogP contribution in [0, 0.1) is 0 Å². The summed E-state index contributed by atoms with van der Waals surface area (Å²) in [5, 5.41) is 11.3. The van der Waals surface area contributed by atoms with E-state index >= 15 is 0 Å². The maximum atomic E-state index is 11.5. The van der Waals surface area contributed by atoms with Gasteiger partial charge in [-0.3, -0.25) is 9.59 Å². The molecule has 0 aliphatic carbocycles. The monoisotopic (exact) mass is 259 g/mol. The molecule has 19 heavy (non-hydrogen) atoms. The first-order chi connectivity index (χ1) is 9.11. The van der Waals surface area contributed by atoms with Crippen molar-refractivity contribution >= 4 is 17.6 Å². The van der Waals surface area contributed by atoms with Crippen LogP contribution in [0.1, 0.15) is 18.9 Å². The lowest BCUT2D eigenvalue weighted by atomic mass is 10.1. The Bertz CT molecular complexity index is 504. The number of carboxylic acid groups (broad SMARTS) is 1. The summed E-state index contributed by atoms with van der Waals surface area (Å²) in [6.07, 6.45) is 7.22. The van der Waals surface area contributed by atoms with Gasteiger partial charge in [-0.1, -0.05) is 30.4 Å². The number of carbonyl (C=O) groups excluding carboxylic acids is 1. The number of allylic oxidation sites excluding steroid dienone is 3. The van der Waals surface area contributed by atoms with E-state index in [0.29, 0.717) is 12.1 Å². The molecule has 4 nitrogen and oxygen atoms in total. The number of benzene rings is 1. The van der Waals surface area contributed by atoms with Gasteiger partial charge in [-0.2, -0.15) is 0 Å². The van der Waals surface area contributed by atoms with E-state index in [1.807, 2.05) is 19.1 Å². The Kier molecular flexibility index (Phi) is 6.09. The first-order valence-electron chi connectivity index (χ1n) is 6.03. The highest BCUT2D eigenvalue weighted by molar-refractivity contribution is 5.99. The average Bonchev–Trinajstić information content (AvgIpc) is 2.37. The number of hydrogen-bond acceptors (Lipinski definition) is 2. The highest BCUT2D eigenvalue weighted by Crippen LogP contribution is 2.12. The van der Waals surface area contributed by atoms with Crippen molar-refractivity contribution in [3.05, 3.63) is 54.1 Å². The molecule has 0 saturated carbocycles. The van der Waals surface area contributed by atoms with Crippen molar-refractivity contribution in [3.8, 4) is 0 Å². The number of aryl methyl sites for hydroxylation is 1. The van der Waals surface area contributed by atoms with Crippen molar-refractivity contribution in [2.24, 2.45) is 0 Å². The molecule has 4 heteroatoms. The minimum Gasteiger partial charge on any atom is -0.481 e. The van der Waals surface area contributed by atoms with Crippen LogP contribution < -0.4 is 5.32 Å². The number of amides is 1. The van der Waals surface area contributed by atoms with E-state index in [1.165, 1.54) is 6.08 Å². The molecular formula is C15H17NO3. The maximum Gasteiger partial charge on any atom is 0.303 e. The summed E-state index contributed by atoms with van der Waals surface area (Å²) in [7, 11) is 0. The molecule has 0 bridgehead atoms. The topological polar surface area (TPSA) is 66.4 Å². The van der Waals surface area contributed by atoms with Crippen LogP contribution in [0.4, 0.5) is 5.69 Å². The Labute approximate surface area is 112 Å². The number of carbonyl (C=O) groups is 2. The largest absolute Gasteiger partial charge is 0.481 e. The summed E-state index contributed by atoms with van der Waals surface area (Å²) >= 11 is 0. The molecule has 1 amide bonds. The molecule has 1 rings (SSSR count). The molecule has 100 valence electrons. The summed E-state index contributed by atoms with van der Waals surface area (Å²) in [5.74, 6) is -1.04. The molecule has 0 radical (unpaired) electrons. The van der Waals surface area contributed by atoms with Crippen LogP contribution in [0.2, 0.25) is 0 Å². The Morgan fingerprint density at radius 2 is 2.11 bits per heavy atom. The summed E-state index contributed by atoms with van der Waals surface area (Å²) in [6.45, 7) is 1.87. The second-order valence-corrected chi connectivity index (χ2v) is 3.97. The van der Waals surface area contributed by atoms with Crippen molar-refractivity contribution in [2.75, 3.05) is 5.32 Å². The number of carboxylic acids is 1. The SMILES string of the molecule is CC=CC=CC(=O)Nc1cccc(CCC(=O)O)c1. The second-order valence-electron chi connectivity index (χ2n) is 3.97. The Morgan fingerprint density at radius 1 is 1.32 bits per heavy atom. The van der Waals surface area contributed by atoms with Gasteiger partial charge in [0.25, 0.3) is 0 Å². The Morgan fingerprint density at radius 3 is 2.79 bits per heavy atom. The zero-order valence-corrected chi connectivity index (χ0v) is 10.8. The summed E-state index contributed by atoms with van der Waals surface area (Å²) in [4.78, 5) is 22.0. The smallest absolute Gasteiger partial charge is 0.303 e. The first-order valence-corrected chi connectivity index (χ1v) is 6.03. The Balaban J connectivity index is 2.61. The molecule has 0 fully saturated rings. The third-order valence-electron chi connectivity index (χ3n) is 2.37. The number of hydrogen-bond donors (Lipinski definition) is 2. The van der Waals surface area contributed by atoms with Gasteiger partial charge in [0, 0.05) is 18.2 Å². The predicted octanol–water partition coefficient (Wildman–Crippen LogP) is 2.77. The first kappa shape index (κ1) is 14.7. The molecule has 0 spiro atoms. The minimum atomic E-state index is -0.830. The summed E-state index contributed by atoms with van der Waals surface area (Å²) < 4.78 is 0. The third kappa shape index (κ3) is 6.21. The molecule has 2 N–H and O–H groups in total. The van der Waals surface area contributed by atoms with Gasteiger partial charge in [0.1, 0.15) is 0 Å². The van der Waals surface area contributed by atoms with Gasteiger partial charge >= 0.3 is 5.97 Å². The van der Waals surface area contributed by atoms with E-state index in [-0.39, 0.29) is 12.3 Å². The van der Waals surface area contributed by atoms with E-state index in [0.717, 1.165) is 5.56 Å². The van der Waals surface area contributed by atoms with Gasteiger partial charge < -0.3 is 10.4 Å². The molecule has 0 aliphatic rings. The van der Waals surface area contributed by atoms with Crippen LogP contribution in [0.3, 0.4) is 0 Å². The van der Waals surface area contributed by atoms with Crippen molar-refractivity contribution in [3.63, 3.8) is 0 Å². The van der Waals surface area contributed by atoms with Crippen molar-refractivity contribution in [2.45, 2.75) is 19.8 Å². The van der Waals surface area contributed by atoms with E-state index in [9.17, 15) is 9.59 Å². The van der Waals surface area contributed by atoms with Crippen molar-refractivity contribution in [1.29, 1.82) is 0 Å². The van der Waals surface area contributed by atoms with Crippen LogP contribution in [-0.2, 0) is 16.0 Å². The molecule has 1 aromatic carbocycles. The molecular weight excluding hydrogens is 242 g/mol. The van der Waals surface area contributed by atoms with Gasteiger partial charge in [0.05, 0.1) is 0 Å². The molecule has 1 aromatic rings. The predicted molar refractivity (Wildman–Crippen MR) is 75.0 cm³/mol. The number of anilines is 1. The van der Waals surface area contributed by atoms with Crippen LogP contribution in [0.15, 0.2) is 48.6 Å². The fourth-order valence-corrected chi connectivity index (χ4v) is 1.49. The van der Waals surface area contributed by atoms with Crippen LogP contribution in [0.5, 0.6) is 0 Å². The number of nitrogens with one attached hydrogen (secondary N) is 1. The van der Waals surface area contributed by atoms with Gasteiger partial charge in [0.2, 0.25) is 5.91 Å². The zero-order valence-electron chi connectivity index (χ0n) is 10.8. The van der Waals surface area contributed by atoms with Crippen LogP contribution >= 0.6 is 0 Å². The molecule has 0 unspecified atom stereocenters. The van der Waals surface area contributed by atoms with Crippen molar-refractivity contribution < 1.29 is 14.7 Å². The highest BCUT2D eigenvalue weighted by Gasteiger charge is 2.01. The lowest BCUT2D eigenvalue weighted by molar-refractivity contribution is -0.137. The Hall–Kier alpha value is -2.36. The summed E-state index contributed by atoms with van der Waals surface area (Å²) in [5.41, 5.74) is 1.55. The van der Waals surface area contributed by atoms with Crippen LogP contribution in [0.25, 0.3) is 0 Å². The van der Waals surface area contributed by atoms with Gasteiger partial charge in [-0.05, 0) is 31.0 Å². The fraction of sp³-hybridized carbons (Fsp3) is 0.200. The molecule has 0 atom stereocenters. The number of rotatable bonds is 6. The van der Waals surface area contributed by atoms with E-state index in [2.05, 4.69) is 5.32 Å². The standard InChI is InChI=1S/C15H17NO3/c1-2-3-4-8-14(17)16-13-7-5-6-12(11-13)9-10-15(18)19/h2-8,11H,9-10H2,1H3,(H,16,17)(H,18,19). The zero-order chi connectivity index (χ0) is 14.1. The molecule has 0 heterocycles. The summed E-state index contributed by atoms with van der Waals surface area (Å²) in [6, 6.07) is 7.19. The van der Waals surface area contributed by atoms with E-state index in [1.54, 1.807) is 30.4 Å². The maximum absolute atomic E-state index is 11.5. The average molecular weight is 259 g/mol. The minimum absolute atomic E-state index is 0.0819. The quantitative estimate of drug-likeness (QED) is 0.609.